The van der Waals surface area contributed by atoms with Gasteiger partial charge >= 0.3 is 0 Å². The van der Waals surface area contributed by atoms with E-state index in [9.17, 15) is 0 Å². The van der Waals surface area contributed by atoms with Crippen LogP contribution in [0.2, 0.25) is 0 Å². The Balaban J connectivity index is 2.11. The predicted octanol–water partition coefficient (Wildman–Crippen LogP) is 2.85. The number of rotatable bonds is 1. The summed E-state index contributed by atoms with van der Waals surface area (Å²) in [7, 11) is 0. The molecule has 70 valence electrons. The second kappa shape index (κ2) is 2.47. The lowest BCUT2D eigenvalue weighted by Gasteiger charge is -2.61. The quantitative estimate of drug-likeness (QED) is 0.585. The maximum absolute atomic E-state index is 5.83. The Labute approximate surface area is 75.5 Å². The summed E-state index contributed by atoms with van der Waals surface area (Å²) in [6, 6.07) is 0. The molecular formula is C11H20O. The van der Waals surface area contributed by atoms with E-state index in [0.29, 0.717) is 17.6 Å². The van der Waals surface area contributed by atoms with E-state index >= 15 is 0 Å². The topological polar surface area (TPSA) is 9.23 Å². The van der Waals surface area contributed by atoms with E-state index < -0.39 is 0 Å². The van der Waals surface area contributed by atoms with Crippen molar-refractivity contribution in [3.8, 4) is 0 Å². The summed E-state index contributed by atoms with van der Waals surface area (Å²) in [6.45, 7) is 9.37. The lowest BCUT2D eigenvalue weighted by molar-refractivity contribution is -0.295. The van der Waals surface area contributed by atoms with Crippen LogP contribution >= 0.6 is 0 Å². The van der Waals surface area contributed by atoms with Crippen LogP contribution in [0.25, 0.3) is 0 Å². The third-order valence-electron chi connectivity index (χ3n) is 4.14. The lowest BCUT2D eigenvalue weighted by atomic mass is 9.59. The molecule has 1 aliphatic carbocycles. The van der Waals surface area contributed by atoms with E-state index in [1.54, 1.807) is 0 Å². The van der Waals surface area contributed by atoms with Crippen molar-refractivity contribution < 1.29 is 4.74 Å². The van der Waals surface area contributed by atoms with Crippen LogP contribution in [0.15, 0.2) is 0 Å². The molecule has 0 aromatic rings. The maximum Gasteiger partial charge on any atom is 0.0682 e. The molecule has 4 atom stereocenters. The zero-order valence-corrected chi connectivity index (χ0v) is 8.63. The van der Waals surface area contributed by atoms with Gasteiger partial charge in [0, 0.05) is 5.41 Å². The van der Waals surface area contributed by atoms with Gasteiger partial charge in [0.2, 0.25) is 0 Å². The summed E-state index contributed by atoms with van der Waals surface area (Å²) in [5.74, 6) is 1.69. The fraction of sp³-hybridized carbons (Fsp3) is 1.00. The molecule has 2 saturated heterocycles. The first kappa shape index (κ1) is 8.55. The fourth-order valence-electron chi connectivity index (χ4n) is 3.07. The lowest BCUT2D eigenvalue weighted by Crippen LogP contribution is -2.64. The van der Waals surface area contributed by atoms with Crippen molar-refractivity contribution in [2.75, 3.05) is 0 Å². The van der Waals surface area contributed by atoms with Crippen molar-refractivity contribution in [1.82, 2.24) is 0 Å². The normalized spacial score (nSPS) is 50.0. The van der Waals surface area contributed by atoms with Gasteiger partial charge in [0.05, 0.1) is 12.2 Å². The average Bonchev–Trinajstić information content (AvgIpc) is 2.03. The van der Waals surface area contributed by atoms with Gasteiger partial charge in [0.1, 0.15) is 0 Å². The monoisotopic (exact) mass is 168 g/mol. The van der Waals surface area contributed by atoms with Crippen molar-refractivity contribution >= 4 is 0 Å². The van der Waals surface area contributed by atoms with E-state index in [4.69, 9.17) is 4.74 Å². The summed E-state index contributed by atoms with van der Waals surface area (Å²) in [4.78, 5) is 0. The first-order valence-electron chi connectivity index (χ1n) is 5.22. The molecule has 12 heavy (non-hydrogen) atoms. The molecule has 0 amide bonds. The van der Waals surface area contributed by atoms with E-state index in [2.05, 4.69) is 27.7 Å². The van der Waals surface area contributed by atoms with Gasteiger partial charge in [-0.2, -0.15) is 0 Å². The molecule has 2 aliphatic heterocycles. The Bertz CT molecular complexity index is 185. The van der Waals surface area contributed by atoms with E-state index in [0.717, 1.165) is 11.8 Å². The average molecular weight is 168 g/mol. The van der Waals surface area contributed by atoms with Gasteiger partial charge in [-0.05, 0) is 18.3 Å². The molecule has 4 unspecified atom stereocenters. The number of fused-ring (bicyclic) bond motifs is 2. The van der Waals surface area contributed by atoms with Crippen molar-refractivity contribution in [3.05, 3.63) is 0 Å². The molecule has 2 heterocycles. The highest BCUT2D eigenvalue weighted by atomic mass is 16.5. The molecule has 3 rings (SSSR count). The third-order valence-corrected chi connectivity index (χ3v) is 4.14. The molecule has 0 radical (unpaired) electrons. The van der Waals surface area contributed by atoms with Crippen LogP contribution in [-0.2, 0) is 4.74 Å². The third kappa shape index (κ3) is 0.891. The Morgan fingerprint density at radius 2 is 2.08 bits per heavy atom. The molecule has 1 nitrogen and oxygen atoms in total. The van der Waals surface area contributed by atoms with Crippen molar-refractivity contribution in [3.63, 3.8) is 0 Å². The molecule has 1 saturated carbocycles. The summed E-state index contributed by atoms with van der Waals surface area (Å²) >= 11 is 0. The number of ether oxygens (including phenoxy) is 1. The first-order chi connectivity index (χ1) is 5.57. The maximum atomic E-state index is 5.83. The Hall–Kier alpha value is -0.0400. The van der Waals surface area contributed by atoms with Crippen molar-refractivity contribution in [1.29, 1.82) is 0 Å². The minimum Gasteiger partial charge on any atom is -0.373 e. The Morgan fingerprint density at radius 1 is 1.42 bits per heavy atom. The Morgan fingerprint density at radius 3 is 2.50 bits per heavy atom. The summed E-state index contributed by atoms with van der Waals surface area (Å²) in [5, 5.41) is 0. The minimum atomic E-state index is 0.463. The molecule has 3 aliphatic rings. The van der Waals surface area contributed by atoms with E-state index in [1.807, 2.05) is 0 Å². The molecule has 0 aromatic carbocycles. The van der Waals surface area contributed by atoms with Crippen LogP contribution in [-0.4, -0.2) is 12.2 Å². The zero-order chi connectivity index (χ0) is 8.93. The fourth-order valence-corrected chi connectivity index (χ4v) is 3.07. The van der Waals surface area contributed by atoms with Gasteiger partial charge in [-0.15, -0.1) is 0 Å². The molecule has 0 N–H and O–H groups in total. The summed E-state index contributed by atoms with van der Waals surface area (Å²) in [5.41, 5.74) is 0.463. The smallest absolute Gasteiger partial charge is 0.0682 e. The largest absolute Gasteiger partial charge is 0.373 e. The van der Waals surface area contributed by atoms with E-state index in [1.165, 1.54) is 12.8 Å². The van der Waals surface area contributed by atoms with Crippen LogP contribution in [0.4, 0.5) is 0 Å². The van der Waals surface area contributed by atoms with Crippen LogP contribution in [0.1, 0.15) is 40.5 Å². The highest BCUT2D eigenvalue weighted by Crippen LogP contribution is 2.54. The van der Waals surface area contributed by atoms with Crippen LogP contribution in [0.5, 0.6) is 0 Å². The Kier molecular flexibility index (Phi) is 1.76. The summed E-state index contributed by atoms with van der Waals surface area (Å²) < 4.78 is 5.83. The van der Waals surface area contributed by atoms with Gasteiger partial charge in [-0.25, -0.2) is 0 Å². The van der Waals surface area contributed by atoms with Gasteiger partial charge in [0.15, 0.2) is 0 Å². The second-order valence-electron chi connectivity index (χ2n) is 5.13. The molecule has 1 heteroatoms. The van der Waals surface area contributed by atoms with Crippen LogP contribution < -0.4 is 0 Å². The van der Waals surface area contributed by atoms with Gasteiger partial charge in [-0.1, -0.05) is 34.1 Å². The zero-order valence-electron chi connectivity index (χ0n) is 8.63. The van der Waals surface area contributed by atoms with E-state index in [-0.39, 0.29) is 0 Å². The van der Waals surface area contributed by atoms with Gasteiger partial charge in [0.25, 0.3) is 0 Å². The number of hydrogen-bond donors (Lipinski definition) is 0. The van der Waals surface area contributed by atoms with Crippen molar-refractivity contribution in [2.24, 2.45) is 17.3 Å². The molecule has 3 fully saturated rings. The predicted molar refractivity (Wildman–Crippen MR) is 50.0 cm³/mol. The van der Waals surface area contributed by atoms with Crippen LogP contribution in [0.3, 0.4) is 0 Å². The first-order valence-corrected chi connectivity index (χ1v) is 5.22. The molecule has 2 bridgehead atoms. The highest BCUT2D eigenvalue weighted by molar-refractivity contribution is 5.05. The number of hydrogen-bond acceptors (Lipinski definition) is 1. The standard InChI is InChI=1S/C11H20O/c1-5-8-6-9-11(3,4)10(12-9)7(8)2/h7-10H,5-6H2,1-4H3. The van der Waals surface area contributed by atoms with Crippen molar-refractivity contribution in [2.45, 2.75) is 52.7 Å². The SMILES string of the molecule is CCC1CC2OC(C1C)C2(C)C. The van der Waals surface area contributed by atoms with Gasteiger partial charge < -0.3 is 4.74 Å². The van der Waals surface area contributed by atoms with Crippen LogP contribution in [0, 0.1) is 17.3 Å². The second-order valence-corrected chi connectivity index (χ2v) is 5.13. The summed E-state index contributed by atoms with van der Waals surface area (Å²) in [6.07, 6.45) is 3.72. The highest BCUT2D eigenvalue weighted by Gasteiger charge is 2.57. The molecule has 0 aromatic heterocycles. The minimum absolute atomic E-state index is 0.463. The van der Waals surface area contributed by atoms with Gasteiger partial charge in [-0.3, -0.25) is 0 Å². The molecule has 0 spiro atoms. The molecular weight excluding hydrogens is 148 g/mol.